The standard InChI is InChI=1S/C36H39ClN6O3/c1-24-14-30(37)16-31(15-24)43(36(46)40(3)4)35(45)34-21-42(20-33(34)29-12-8-27(18-39)9-13-29)23-41(5)19-32(25(2)22-44)28-10-6-26(17-38)7-11-28/h6-16,22,25,32-34H,19-21,23H2,1-5H3/t25-,32-,33+,34+/m1/s1. The number of anilines is 1. The maximum Gasteiger partial charge on any atom is 0.330 e. The molecule has 0 radical (unpaired) electrons. The molecule has 3 amide bonds. The molecule has 1 aliphatic rings. The number of carbonyl (C=O) groups excluding carboxylic acids is 3. The third kappa shape index (κ3) is 7.99. The maximum absolute atomic E-state index is 14.5. The Morgan fingerprint density at radius 1 is 0.978 bits per heavy atom. The molecular weight excluding hydrogens is 600 g/mol. The van der Waals surface area contributed by atoms with Gasteiger partial charge >= 0.3 is 6.03 Å². The second-order valence-corrected chi connectivity index (χ2v) is 12.8. The quantitative estimate of drug-likeness (QED) is 0.265. The fraction of sp³-hybridized carbons (Fsp3) is 0.361. The summed E-state index contributed by atoms with van der Waals surface area (Å²) in [6.07, 6.45) is 0.954. The van der Waals surface area contributed by atoms with Gasteiger partial charge in [-0.3, -0.25) is 14.6 Å². The number of aryl methyl sites for hydroxylation is 1. The Labute approximate surface area is 276 Å². The minimum Gasteiger partial charge on any atom is -0.330 e. The third-order valence-corrected chi connectivity index (χ3v) is 8.75. The van der Waals surface area contributed by atoms with Crippen LogP contribution in [0.1, 0.15) is 46.6 Å². The van der Waals surface area contributed by atoms with Crippen LogP contribution >= 0.6 is 11.6 Å². The van der Waals surface area contributed by atoms with Gasteiger partial charge in [-0.25, -0.2) is 9.69 Å². The molecule has 9 nitrogen and oxygen atoms in total. The van der Waals surface area contributed by atoms with E-state index in [1.54, 1.807) is 56.6 Å². The molecule has 10 heteroatoms. The lowest BCUT2D eigenvalue weighted by Gasteiger charge is -2.30. The molecule has 3 aromatic rings. The molecular formula is C36H39ClN6O3. The Morgan fingerprint density at radius 3 is 2.13 bits per heavy atom. The van der Waals surface area contributed by atoms with Gasteiger partial charge in [0.15, 0.2) is 0 Å². The first-order valence-corrected chi connectivity index (χ1v) is 15.5. The second-order valence-electron chi connectivity index (χ2n) is 12.3. The van der Waals surface area contributed by atoms with Crippen molar-refractivity contribution in [2.75, 3.05) is 52.3 Å². The Hall–Kier alpha value is -4.54. The predicted molar refractivity (Wildman–Crippen MR) is 178 cm³/mol. The molecule has 238 valence electrons. The molecule has 1 fully saturated rings. The molecule has 0 bridgehead atoms. The van der Waals surface area contributed by atoms with E-state index in [0.717, 1.165) is 23.0 Å². The number of likely N-dealkylation sites (tertiary alicyclic amines) is 1. The van der Waals surface area contributed by atoms with Crippen molar-refractivity contribution in [1.82, 2.24) is 14.7 Å². The summed E-state index contributed by atoms with van der Waals surface area (Å²) >= 11 is 6.37. The zero-order valence-electron chi connectivity index (χ0n) is 26.9. The number of nitriles is 2. The summed E-state index contributed by atoms with van der Waals surface area (Å²) in [5.41, 5.74) is 4.21. The van der Waals surface area contributed by atoms with E-state index in [1.807, 2.05) is 45.2 Å². The maximum atomic E-state index is 14.5. The summed E-state index contributed by atoms with van der Waals surface area (Å²) in [5.74, 6) is -1.47. The Balaban J connectivity index is 1.64. The SMILES string of the molecule is Cc1cc(Cl)cc(N(C(=O)[C@H]2CN(CN(C)C[C@@H](c3ccc(C#N)cc3)[C@H](C)C=O)C[C@H]2c2ccc(C#N)cc2)C(=O)N(C)C)c1. The van der Waals surface area contributed by atoms with Crippen LogP contribution < -0.4 is 4.90 Å². The number of aldehydes is 1. The van der Waals surface area contributed by atoms with Gasteiger partial charge in [-0.1, -0.05) is 42.8 Å². The molecule has 1 saturated heterocycles. The van der Waals surface area contributed by atoms with Crippen LogP contribution in [0.4, 0.5) is 10.5 Å². The van der Waals surface area contributed by atoms with Gasteiger partial charge in [-0.15, -0.1) is 0 Å². The number of hydrogen-bond donors (Lipinski definition) is 0. The first-order chi connectivity index (χ1) is 21.9. The van der Waals surface area contributed by atoms with Crippen LogP contribution in [-0.4, -0.2) is 80.4 Å². The van der Waals surface area contributed by atoms with E-state index < -0.39 is 11.9 Å². The summed E-state index contributed by atoms with van der Waals surface area (Å²) in [5, 5.41) is 19.0. The second kappa shape index (κ2) is 15.2. The van der Waals surface area contributed by atoms with Crippen LogP contribution in [0.15, 0.2) is 66.7 Å². The van der Waals surface area contributed by atoms with Gasteiger partial charge in [-0.2, -0.15) is 10.5 Å². The van der Waals surface area contributed by atoms with Gasteiger partial charge in [0.1, 0.15) is 6.29 Å². The average molecular weight is 639 g/mol. The smallest absolute Gasteiger partial charge is 0.330 e. The van der Waals surface area contributed by atoms with E-state index in [4.69, 9.17) is 11.6 Å². The number of nitrogens with zero attached hydrogens (tertiary/aromatic N) is 6. The van der Waals surface area contributed by atoms with Crippen LogP contribution in [0, 0.1) is 41.4 Å². The lowest BCUT2D eigenvalue weighted by atomic mass is 9.87. The normalized spacial score (nSPS) is 17.5. The summed E-state index contributed by atoms with van der Waals surface area (Å²) in [4.78, 5) is 46.8. The highest BCUT2D eigenvalue weighted by Gasteiger charge is 2.43. The van der Waals surface area contributed by atoms with Crippen LogP contribution in [0.2, 0.25) is 5.02 Å². The molecule has 3 aromatic carbocycles. The lowest BCUT2D eigenvalue weighted by Crippen LogP contribution is -2.47. The first-order valence-electron chi connectivity index (χ1n) is 15.1. The highest BCUT2D eigenvalue weighted by Crippen LogP contribution is 2.36. The monoisotopic (exact) mass is 638 g/mol. The summed E-state index contributed by atoms with van der Waals surface area (Å²) < 4.78 is 0. The van der Waals surface area contributed by atoms with Gasteiger partial charge < -0.3 is 9.69 Å². The summed E-state index contributed by atoms with van der Waals surface area (Å²) in [7, 11) is 5.20. The fourth-order valence-corrected chi connectivity index (χ4v) is 6.43. The summed E-state index contributed by atoms with van der Waals surface area (Å²) in [6.45, 7) is 5.80. The predicted octanol–water partition coefficient (Wildman–Crippen LogP) is 5.63. The van der Waals surface area contributed by atoms with Crippen molar-refractivity contribution in [3.63, 3.8) is 0 Å². The number of carbonyl (C=O) groups is 3. The fourth-order valence-electron chi connectivity index (χ4n) is 6.15. The Bertz CT molecular complexity index is 1620. The Kier molecular flexibility index (Phi) is 11.3. The van der Waals surface area contributed by atoms with E-state index >= 15 is 0 Å². The van der Waals surface area contributed by atoms with Crippen LogP contribution in [0.3, 0.4) is 0 Å². The topological polar surface area (TPSA) is 112 Å². The van der Waals surface area contributed by atoms with Gasteiger partial charge in [0.2, 0.25) is 5.91 Å². The van der Waals surface area contributed by atoms with E-state index in [0.29, 0.717) is 48.1 Å². The number of imide groups is 1. The van der Waals surface area contributed by atoms with Crippen molar-refractivity contribution in [1.29, 1.82) is 10.5 Å². The number of benzene rings is 3. The van der Waals surface area contributed by atoms with Crippen molar-refractivity contribution >= 4 is 35.5 Å². The molecule has 1 aliphatic heterocycles. The molecule has 4 rings (SSSR count). The molecule has 0 saturated carbocycles. The molecule has 0 aromatic heterocycles. The number of amides is 3. The number of hydrogen-bond acceptors (Lipinski definition) is 7. The van der Waals surface area contributed by atoms with Gasteiger partial charge in [0.25, 0.3) is 0 Å². The number of urea groups is 1. The van der Waals surface area contributed by atoms with E-state index in [9.17, 15) is 24.9 Å². The minimum atomic E-state index is -0.562. The molecule has 46 heavy (non-hydrogen) atoms. The molecule has 0 spiro atoms. The first kappa shape index (κ1) is 34.3. The van der Waals surface area contributed by atoms with Gasteiger partial charge in [-0.05, 0) is 73.1 Å². The van der Waals surface area contributed by atoms with Crippen molar-refractivity contribution in [3.05, 3.63) is 99.6 Å². The van der Waals surface area contributed by atoms with Crippen LogP contribution in [-0.2, 0) is 9.59 Å². The number of rotatable bonds is 10. The zero-order valence-corrected chi connectivity index (χ0v) is 27.6. The molecule has 0 N–H and O–H groups in total. The summed E-state index contributed by atoms with van der Waals surface area (Å²) in [6, 6.07) is 23.6. The van der Waals surface area contributed by atoms with E-state index in [-0.39, 0.29) is 23.7 Å². The van der Waals surface area contributed by atoms with Crippen molar-refractivity contribution in [2.45, 2.75) is 25.7 Å². The third-order valence-electron chi connectivity index (χ3n) is 8.53. The zero-order chi connectivity index (χ0) is 33.5. The lowest BCUT2D eigenvalue weighted by molar-refractivity contribution is -0.121. The molecule has 4 atom stereocenters. The van der Waals surface area contributed by atoms with Gasteiger partial charge in [0, 0.05) is 56.5 Å². The molecule has 0 aliphatic carbocycles. The average Bonchev–Trinajstić information content (AvgIpc) is 3.46. The number of halogens is 1. The van der Waals surface area contributed by atoms with E-state index in [1.165, 1.54) is 9.80 Å². The van der Waals surface area contributed by atoms with Crippen molar-refractivity contribution < 1.29 is 14.4 Å². The largest absolute Gasteiger partial charge is 0.330 e. The van der Waals surface area contributed by atoms with E-state index in [2.05, 4.69) is 21.9 Å². The minimum absolute atomic E-state index is 0.0936. The molecule has 1 heterocycles. The van der Waals surface area contributed by atoms with Crippen LogP contribution in [0.25, 0.3) is 0 Å². The van der Waals surface area contributed by atoms with Crippen molar-refractivity contribution in [2.24, 2.45) is 11.8 Å². The highest BCUT2D eigenvalue weighted by atomic mass is 35.5. The Morgan fingerprint density at radius 2 is 1.59 bits per heavy atom. The van der Waals surface area contributed by atoms with Crippen molar-refractivity contribution in [3.8, 4) is 12.1 Å². The van der Waals surface area contributed by atoms with Crippen LogP contribution in [0.5, 0.6) is 0 Å². The highest BCUT2D eigenvalue weighted by molar-refractivity contribution is 6.31. The molecule has 0 unspecified atom stereocenters. The van der Waals surface area contributed by atoms with Gasteiger partial charge in [0.05, 0.1) is 41.5 Å². The number of likely N-dealkylation sites (N-methyl/N-ethyl adjacent to an activating group) is 1.